The summed E-state index contributed by atoms with van der Waals surface area (Å²) in [5.74, 6) is 1.61. The molecule has 3 rings (SSSR count). The fourth-order valence-electron chi connectivity index (χ4n) is 4.38. The Bertz CT molecular complexity index is 787. The van der Waals surface area contributed by atoms with Gasteiger partial charge in [-0.05, 0) is 85.6 Å². The molecule has 1 aliphatic carbocycles. The van der Waals surface area contributed by atoms with Crippen LogP contribution in [-0.2, 0) is 4.74 Å². The molecule has 160 valence electrons. The van der Waals surface area contributed by atoms with Gasteiger partial charge in [-0.25, -0.2) is 4.79 Å². The summed E-state index contributed by atoms with van der Waals surface area (Å²) in [6.07, 6.45) is 11.6. The molecule has 1 fully saturated rings. The third kappa shape index (κ3) is 6.48. The molecule has 1 amide bonds. The van der Waals surface area contributed by atoms with Gasteiger partial charge < -0.3 is 4.74 Å². The second-order valence-electron chi connectivity index (χ2n) is 8.40. The molecule has 0 aromatic heterocycles. The topological polar surface area (TPSA) is 38.3 Å². The van der Waals surface area contributed by atoms with Gasteiger partial charge >= 0.3 is 6.09 Å². The Kier molecular flexibility index (Phi) is 8.55. The number of hydrogen-bond donors (Lipinski definition) is 1. The predicted octanol–water partition coefficient (Wildman–Crippen LogP) is 7.94. The lowest BCUT2D eigenvalue weighted by molar-refractivity contribution is 0.161. The van der Waals surface area contributed by atoms with Gasteiger partial charge in [0.2, 0.25) is 0 Å². The summed E-state index contributed by atoms with van der Waals surface area (Å²) in [5, 5.41) is 2.76. The van der Waals surface area contributed by atoms with Crippen molar-refractivity contribution in [2.24, 2.45) is 5.92 Å². The van der Waals surface area contributed by atoms with E-state index in [9.17, 15) is 4.79 Å². The van der Waals surface area contributed by atoms with Gasteiger partial charge in [-0.2, -0.15) is 0 Å². The zero-order valence-corrected chi connectivity index (χ0v) is 18.2. The largest absolute Gasteiger partial charge is 0.449 e. The van der Waals surface area contributed by atoms with E-state index in [1.807, 2.05) is 37.3 Å². The molecule has 2 aromatic rings. The first kappa shape index (κ1) is 22.1. The number of carbonyl (C=O) groups is 1. The van der Waals surface area contributed by atoms with Crippen molar-refractivity contribution in [2.75, 3.05) is 11.9 Å². The zero-order valence-electron chi connectivity index (χ0n) is 18.2. The van der Waals surface area contributed by atoms with Gasteiger partial charge in [0.15, 0.2) is 0 Å². The predicted molar refractivity (Wildman–Crippen MR) is 126 cm³/mol. The molecule has 3 nitrogen and oxygen atoms in total. The summed E-state index contributed by atoms with van der Waals surface area (Å²) in [4.78, 5) is 11.7. The monoisotopic (exact) mass is 405 g/mol. The Labute approximate surface area is 181 Å². The highest BCUT2D eigenvalue weighted by Gasteiger charge is 2.21. The Balaban J connectivity index is 1.52. The van der Waals surface area contributed by atoms with E-state index < -0.39 is 6.09 Å². The first-order valence-electron chi connectivity index (χ1n) is 11.4. The van der Waals surface area contributed by atoms with E-state index in [1.165, 1.54) is 49.7 Å². The van der Waals surface area contributed by atoms with E-state index >= 15 is 0 Å². The summed E-state index contributed by atoms with van der Waals surface area (Å²) in [6, 6.07) is 17.0. The van der Waals surface area contributed by atoms with Crippen LogP contribution in [0, 0.1) is 5.92 Å². The van der Waals surface area contributed by atoms with Crippen LogP contribution in [-0.4, -0.2) is 12.7 Å². The average Bonchev–Trinajstić information content (AvgIpc) is 2.79. The highest BCUT2D eigenvalue weighted by Crippen LogP contribution is 2.38. The molecule has 0 atom stereocenters. The minimum atomic E-state index is -0.399. The van der Waals surface area contributed by atoms with Gasteiger partial charge in [0.05, 0.1) is 6.61 Å². The van der Waals surface area contributed by atoms with Crippen molar-refractivity contribution in [1.29, 1.82) is 0 Å². The van der Waals surface area contributed by atoms with Crippen LogP contribution in [0.3, 0.4) is 0 Å². The van der Waals surface area contributed by atoms with Crippen molar-refractivity contribution in [2.45, 2.75) is 64.2 Å². The van der Waals surface area contributed by atoms with Crippen LogP contribution in [0.2, 0.25) is 0 Å². The molecule has 1 saturated carbocycles. The third-order valence-corrected chi connectivity index (χ3v) is 6.15. The molecule has 0 heterocycles. The first-order valence-corrected chi connectivity index (χ1v) is 11.4. The molecular weight excluding hydrogens is 370 g/mol. The quantitative estimate of drug-likeness (QED) is 0.339. The van der Waals surface area contributed by atoms with Crippen LogP contribution >= 0.6 is 0 Å². The molecule has 0 aliphatic heterocycles. The van der Waals surface area contributed by atoms with Crippen molar-refractivity contribution < 1.29 is 9.53 Å². The highest BCUT2D eigenvalue weighted by molar-refractivity contribution is 5.85. The maximum atomic E-state index is 11.7. The number of benzene rings is 2. The molecule has 0 unspecified atom stereocenters. The Morgan fingerprint density at radius 1 is 1.03 bits per heavy atom. The Morgan fingerprint density at radius 2 is 1.67 bits per heavy atom. The van der Waals surface area contributed by atoms with Crippen LogP contribution in [0.25, 0.3) is 11.1 Å². The maximum absolute atomic E-state index is 11.7. The van der Waals surface area contributed by atoms with Crippen LogP contribution in [0.5, 0.6) is 0 Å². The van der Waals surface area contributed by atoms with Crippen molar-refractivity contribution >= 4 is 11.8 Å². The zero-order chi connectivity index (χ0) is 21.2. The smallest absolute Gasteiger partial charge is 0.411 e. The Morgan fingerprint density at radius 3 is 2.27 bits per heavy atom. The van der Waals surface area contributed by atoms with Crippen LogP contribution in [0.1, 0.15) is 69.8 Å². The maximum Gasteiger partial charge on any atom is 0.411 e. The number of hydrogen-bond acceptors (Lipinski definition) is 2. The minimum absolute atomic E-state index is 0.399. The summed E-state index contributed by atoms with van der Waals surface area (Å²) in [7, 11) is 0. The molecule has 0 spiro atoms. The standard InChI is InChI=1S/C27H35NO2/c1-3-5-6-7-21-8-10-22(11-9-21)23-12-14-24(15-13-23)25-16-18-26(19-17-25)28-27(29)30-20-4-2/h3,12-19,21-22H,1,4-11,20H2,2H3,(H,28,29). The Hall–Kier alpha value is -2.55. The molecule has 0 radical (unpaired) electrons. The number of unbranched alkanes of at least 4 members (excludes halogenated alkanes) is 1. The summed E-state index contributed by atoms with van der Waals surface area (Å²) >= 11 is 0. The molecular formula is C27H35NO2. The number of allylic oxidation sites excluding steroid dienone is 1. The fourth-order valence-corrected chi connectivity index (χ4v) is 4.38. The van der Waals surface area contributed by atoms with E-state index in [4.69, 9.17) is 4.74 Å². The minimum Gasteiger partial charge on any atom is -0.449 e. The summed E-state index contributed by atoms with van der Waals surface area (Å²) in [5.41, 5.74) is 4.58. The number of carbonyl (C=O) groups excluding carboxylic acids is 1. The van der Waals surface area contributed by atoms with E-state index in [1.54, 1.807) is 0 Å². The van der Waals surface area contributed by atoms with Crippen LogP contribution < -0.4 is 5.32 Å². The van der Waals surface area contributed by atoms with Gasteiger partial charge in [0.1, 0.15) is 0 Å². The fraction of sp³-hybridized carbons (Fsp3) is 0.444. The number of ether oxygens (including phenoxy) is 1. The molecule has 1 aliphatic rings. The number of anilines is 1. The lowest BCUT2D eigenvalue weighted by Gasteiger charge is -2.29. The van der Waals surface area contributed by atoms with E-state index in [-0.39, 0.29) is 0 Å². The second-order valence-corrected chi connectivity index (χ2v) is 8.40. The first-order chi connectivity index (χ1) is 14.7. The van der Waals surface area contributed by atoms with Gasteiger partial charge in [-0.15, -0.1) is 6.58 Å². The molecule has 0 saturated heterocycles. The number of rotatable bonds is 9. The SMILES string of the molecule is C=CCCCC1CCC(c2ccc(-c3ccc(NC(=O)OCCC)cc3)cc2)CC1. The van der Waals surface area contributed by atoms with E-state index in [0.29, 0.717) is 12.5 Å². The van der Waals surface area contributed by atoms with Crippen molar-refractivity contribution in [3.05, 3.63) is 66.7 Å². The van der Waals surface area contributed by atoms with E-state index in [2.05, 4.69) is 36.2 Å². The van der Waals surface area contributed by atoms with Crippen LogP contribution in [0.4, 0.5) is 10.5 Å². The third-order valence-electron chi connectivity index (χ3n) is 6.15. The number of amides is 1. The summed E-state index contributed by atoms with van der Waals surface area (Å²) in [6.45, 7) is 6.24. The van der Waals surface area contributed by atoms with Gasteiger partial charge in [-0.1, -0.05) is 55.8 Å². The molecule has 3 heteroatoms. The molecule has 1 N–H and O–H groups in total. The van der Waals surface area contributed by atoms with E-state index in [0.717, 1.165) is 30.0 Å². The van der Waals surface area contributed by atoms with Crippen LogP contribution in [0.15, 0.2) is 61.2 Å². The van der Waals surface area contributed by atoms with Gasteiger partial charge in [-0.3, -0.25) is 5.32 Å². The van der Waals surface area contributed by atoms with Crippen molar-refractivity contribution in [3.63, 3.8) is 0 Å². The van der Waals surface area contributed by atoms with Gasteiger partial charge in [0.25, 0.3) is 0 Å². The van der Waals surface area contributed by atoms with Crippen molar-refractivity contribution in [1.82, 2.24) is 0 Å². The lowest BCUT2D eigenvalue weighted by atomic mass is 9.77. The number of nitrogens with one attached hydrogen (secondary N) is 1. The summed E-state index contributed by atoms with van der Waals surface area (Å²) < 4.78 is 5.06. The lowest BCUT2D eigenvalue weighted by Crippen LogP contribution is -2.13. The van der Waals surface area contributed by atoms with Crippen molar-refractivity contribution in [3.8, 4) is 11.1 Å². The second kappa shape index (κ2) is 11.6. The molecule has 30 heavy (non-hydrogen) atoms. The molecule has 0 bridgehead atoms. The normalized spacial score (nSPS) is 18.6. The van der Waals surface area contributed by atoms with Gasteiger partial charge in [0, 0.05) is 5.69 Å². The molecule has 2 aromatic carbocycles. The average molecular weight is 406 g/mol. The highest BCUT2D eigenvalue weighted by atomic mass is 16.5.